The van der Waals surface area contributed by atoms with Crippen molar-refractivity contribution in [2.75, 3.05) is 16.3 Å². The highest BCUT2D eigenvalue weighted by Gasteiger charge is 2.16. The summed E-state index contributed by atoms with van der Waals surface area (Å²) in [4.78, 5) is 11.0. The first kappa shape index (κ1) is 18.0. The van der Waals surface area contributed by atoms with Gasteiger partial charge in [-0.3, -0.25) is 9.52 Å². The second kappa shape index (κ2) is 6.62. The highest BCUT2D eigenvalue weighted by Crippen LogP contribution is 2.20. The number of rotatable bonds is 5. The molecule has 0 spiro atoms. The number of hydrogen-bond acceptors (Lipinski definition) is 5. The first-order valence-corrected chi connectivity index (χ1v) is 10.2. The minimum atomic E-state index is -3.88. The Morgan fingerprint density at radius 1 is 0.875 bits per heavy atom. The third kappa shape index (κ3) is 4.56. The van der Waals surface area contributed by atoms with Crippen LogP contribution in [0.1, 0.15) is 6.92 Å². The molecule has 2 N–H and O–H groups in total. The van der Waals surface area contributed by atoms with Crippen LogP contribution in [0.15, 0.2) is 58.3 Å². The summed E-state index contributed by atoms with van der Waals surface area (Å²) >= 11 is 0. The normalized spacial score (nSPS) is 11.8. The van der Waals surface area contributed by atoms with Crippen molar-refractivity contribution >= 4 is 37.1 Å². The summed E-state index contributed by atoms with van der Waals surface area (Å²) in [5, 5.41) is 2.55. The third-order valence-electron chi connectivity index (χ3n) is 3.00. The van der Waals surface area contributed by atoms with E-state index in [9.17, 15) is 21.6 Å². The van der Waals surface area contributed by atoms with E-state index in [0.29, 0.717) is 5.69 Å². The third-order valence-corrected chi connectivity index (χ3v) is 5.52. The second-order valence-corrected chi connectivity index (χ2v) is 8.81. The van der Waals surface area contributed by atoms with Crippen molar-refractivity contribution < 1.29 is 21.6 Å². The number of carbonyl (C=O) groups is 1. The van der Waals surface area contributed by atoms with E-state index in [1.54, 1.807) is 12.1 Å². The quantitative estimate of drug-likeness (QED) is 0.837. The minimum absolute atomic E-state index is 0.0362. The number of hydrogen-bond donors (Lipinski definition) is 2. The van der Waals surface area contributed by atoms with Crippen LogP contribution < -0.4 is 10.0 Å². The number of nitrogens with one attached hydrogen (secondary N) is 2. The lowest BCUT2D eigenvalue weighted by Crippen LogP contribution is -2.13. The fourth-order valence-electron chi connectivity index (χ4n) is 1.94. The summed E-state index contributed by atoms with van der Waals surface area (Å²) in [6, 6.07) is 11.1. The van der Waals surface area contributed by atoms with Crippen LogP contribution in [0.4, 0.5) is 11.4 Å². The molecular weight excluding hydrogens is 352 g/mol. The van der Waals surface area contributed by atoms with E-state index in [0.717, 1.165) is 6.26 Å². The van der Waals surface area contributed by atoms with E-state index < -0.39 is 19.9 Å². The average molecular weight is 368 g/mol. The molecule has 0 unspecified atom stereocenters. The number of sulfone groups is 1. The SMILES string of the molecule is CC(=O)Nc1cccc(NS(=O)(=O)c2ccc(S(C)(=O)=O)cc2)c1. The Morgan fingerprint density at radius 3 is 1.96 bits per heavy atom. The molecule has 0 saturated carbocycles. The molecule has 24 heavy (non-hydrogen) atoms. The first-order chi connectivity index (χ1) is 11.1. The molecule has 0 aromatic heterocycles. The van der Waals surface area contributed by atoms with Gasteiger partial charge >= 0.3 is 0 Å². The Balaban J connectivity index is 2.27. The van der Waals surface area contributed by atoms with Crippen LogP contribution >= 0.6 is 0 Å². The number of carbonyl (C=O) groups excluding carboxylic acids is 1. The molecule has 0 heterocycles. The number of sulfonamides is 1. The maximum absolute atomic E-state index is 12.3. The maximum atomic E-state index is 12.3. The van der Waals surface area contributed by atoms with Gasteiger partial charge in [-0.1, -0.05) is 6.07 Å². The van der Waals surface area contributed by atoms with Gasteiger partial charge in [0.25, 0.3) is 10.0 Å². The van der Waals surface area contributed by atoms with E-state index in [4.69, 9.17) is 0 Å². The van der Waals surface area contributed by atoms with Crippen LogP contribution in [0.5, 0.6) is 0 Å². The Hall–Kier alpha value is -2.39. The van der Waals surface area contributed by atoms with Gasteiger partial charge in [0.05, 0.1) is 15.5 Å². The standard InChI is InChI=1S/C15H16N2O5S2/c1-11(18)16-12-4-3-5-13(10-12)17-24(21,22)15-8-6-14(7-9-15)23(2,19)20/h3-10,17H,1-2H3,(H,16,18). The molecule has 0 radical (unpaired) electrons. The van der Waals surface area contributed by atoms with Crippen molar-refractivity contribution in [1.29, 1.82) is 0 Å². The van der Waals surface area contributed by atoms with E-state index in [1.807, 2.05) is 0 Å². The minimum Gasteiger partial charge on any atom is -0.326 e. The molecule has 0 aliphatic heterocycles. The van der Waals surface area contributed by atoms with Crippen LogP contribution in [-0.4, -0.2) is 29.0 Å². The molecule has 0 aliphatic rings. The van der Waals surface area contributed by atoms with Crippen molar-refractivity contribution in [3.63, 3.8) is 0 Å². The summed E-state index contributed by atoms with van der Waals surface area (Å²) in [6.07, 6.45) is 1.04. The van der Waals surface area contributed by atoms with Gasteiger partial charge in [-0.25, -0.2) is 16.8 Å². The van der Waals surface area contributed by atoms with Gasteiger partial charge in [0.1, 0.15) is 0 Å². The summed E-state index contributed by atoms with van der Waals surface area (Å²) < 4.78 is 49.9. The Labute approximate surface area is 140 Å². The molecule has 0 fully saturated rings. The van der Waals surface area contributed by atoms with Crippen molar-refractivity contribution in [2.24, 2.45) is 0 Å². The smallest absolute Gasteiger partial charge is 0.261 e. The molecule has 2 rings (SSSR count). The molecule has 1 amide bonds. The summed E-state index contributed by atoms with van der Waals surface area (Å²) in [5.41, 5.74) is 0.726. The zero-order valence-electron chi connectivity index (χ0n) is 13.0. The van der Waals surface area contributed by atoms with Gasteiger partial charge in [0.2, 0.25) is 5.91 Å². The Morgan fingerprint density at radius 2 is 1.42 bits per heavy atom. The molecular formula is C15H16N2O5S2. The van der Waals surface area contributed by atoms with E-state index in [1.165, 1.54) is 43.3 Å². The van der Waals surface area contributed by atoms with Gasteiger partial charge in [-0.15, -0.1) is 0 Å². The summed E-state index contributed by atoms with van der Waals surface area (Å²) in [5.74, 6) is -0.272. The van der Waals surface area contributed by atoms with Crippen LogP contribution in [-0.2, 0) is 24.7 Å². The average Bonchev–Trinajstić information content (AvgIpc) is 2.45. The monoisotopic (exact) mass is 368 g/mol. The fourth-order valence-corrected chi connectivity index (χ4v) is 3.62. The highest BCUT2D eigenvalue weighted by atomic mass is 32.2. The molecule has 0 aliphatic carbocycles. The predicted molar refractivity (Wildman–Crippen MR) is 91.1 cm³/mol. The van der Waals surface area contributed by atoms with Crippen LogP contribution in [0, 0.1) is 0 Å². The number of anilines is 2. The fraction of sp³-hybridized carbons (Fsp3) is 0.133. The zero-order valence-corrected chi connectivity index (χ0v) is 14.6. The molecule has 2 aromatic carbocycles. The summed E-state index contributed by atoms with van der Waals surface area (Å²) in [6.45, 7) is 1.35. The Kier molecular flexibility index (Phi) is 4.95. The van der Waals surface area contributed by atoms with E-state index in [2.05, 4.69) is 10.0 Å². The van der Waals surface area contributed by atoms with Crippen LogP contribution in [0.3, 0.4) is 0 Å². The van der Waals surface area contributed by atoms with Gasteiger partial charge in [0.15, 0.2) is 9.84 Å². The van der Waals surface area contributed by atoms with Crippen molar-refractivity contribution in [3.8, 4) is 0 Å². The number of amides is 1. The Bertz CT molecular complexity index is 965. The number of benzene rings is 2. The molecule has 0 atom stereocenters. The predicted octanol–water partition coefficient (Wildman–Crippen LogP) is 1.85. The van der Waals surface area contributed by atoms with Gasteiger partial charge < -0.3 is 5.32 Å². The van der Waals surface area contributed by atoms with Gasteiger partial charge in [-0.05, 0) is 42.5 Å². The van der Waals surface area contributed by atoms with E-state index >= 15 is 0 Å². The van der Waals surface area contributed by atoms with Crippen molar-refractivity contribution in [1.82, 2.24) is 0 Å². The van der Waals surface area contributed by atoms with Crippen molar-refractivity contribution in [2.45, 2.75) is 16.7 Å². The molecule has 0 bridgehead atoms. The molecule has 0 saturated heterocycles. The topological polar surface area (TPSA) is 109 Å². The summed E-state index contributed by atoms with van der Waals surface area (Å²) in [7, 11) is -7.27. The van der Waals surface area contributed by atoms with Crippen LogP contribution in [0.2, 0.25) is 0 Å². The van der Waals surface area contributed by atoms with Crippen LogP contribution in [0.25, 0.3) is 0 Å². The highest BCUT2D eigenvalue weighted by molar-refractivity contribution is 7.92. The molecule has 7 nitrogen and oxygen atoms in total. The zero-order chi connectivity index (χ0) is 18.0. The lowest BCUT2D eigenvalue weighted by molar-refractivity contribution is -0.114. The van der Waals surface area contributed by atoms with Gasteiger partial charge in [0, 0.05) is 18.9 Å². The maximum Gasteiger partial charge on any atom is 0.261 e. The molecule has 2 aromatic rings. The van der Waals surface area contributed by atoms with E-state index in [-0.39, 0.29) is 21.4 Å². The lowest BCUT2D eigenvalue weighted by Gasteiger charge is -2.10. The lowest BCUT2D eigenvalue weighted by atomic mass is 10.3. The van der Waals surface area contributed by atoms with Crippen molar-refractivity contribution in [3.05, 3.63) is 48.5 Å². The molecule has 128 valence electrons. The van der Waals surface area contributed by atoms with Gasteiger partial charge in [-0.2, -0.15) is 0 Å². The molecule has 9 heteroatoms. The largest absolute Gasteiger partial charge is 0.326 e. The second-order valence-electron chi connectivity index (χ2n) is 5.11. The first-order valence-electron chi connectivity index (χ1n) is 6.78.